The van der Waals surface area contributed by atoms with Gasteiger partial charge in [0.25, 0.3) is 5.69 Å². The standard InChI is InChI=1S/C33H21ClN2O5/c34-22-14-15-26-20(17-22)13-16-27-33(31(38)24-11-4-5-12-25(24)32(33)39)28(21-9-6-10-23(18-21)36(40)41)29(35(26)27)30(37)19-7-2-1-3-8-19/h1-18,27-29H/t27?,28-,29+/m0/s1. The average Bonchev–Trinajstić information content (AvgIpc) is 3.43. The van der Waals surface area contributed by atoms with E-state index in [4.69, 9.17) is 11.6 Å². The van der Waals surface area contributed by atoms with E-state index in [0.717, 1.165) is 5.56 Å². The molecule has 7 rings (SSSR count). The molecule has 1 spiro atoms. The predicted molar refractivity (Wildman–Crippen MR) is 155 cm³/mol. The van der Waals surface area contributed by atoms with Crippen molar-refractivity contribution in [2.45, 2.75) is 18.0 Å². The summed E-state index contributed by atoms with van der Waals surface area (Å²) in [7, 11) is 0. The van der Waals surface area contributed by atoms with Crippen molar-refractivity contribution in [2.24, 2.45) is 5.41 Å². The van der Waals surface area contributed by atoms with Gasteiger partial charge in [-0.2, -0.15) is 0 Å². The largest absolute Gasteiger partial charge is 0.352 e. The first-order valence-corrected chi connectivity index (χ1v) is 13.5. The van der Waals surface area contributed by atoms with Crippen LogP contribution in [0.5, 0.6) is 0 Å². The second-order valence-electron chi connectivity index (χ2n) is 10.5. The van der Waals surface area contributed by atoms with Gasteiger partial charge >= 0.3 is 0 Å². The van der Waals surface area contributed by atoms with Gasteiger partial charge < -0.3 is 4.90 Å². The zero-order valence-corrected chi connectivity index (χ0v) is 22.2. The number of hydrogen-bond donors (Lipinski definition) is 0. The van der Waals surface area contributed by atoms with Crippen molar-refractivity contribution in [2.75, 3.05) is 4.90 Å². The number of carbonyl (C=O) groups is 3. The summed E-state index contributed by atoms with van der Waals surface area (Å²) in [5, 5.41) is 12.3. The van der Waals surface area contributed by atoms with Crippen molar-refractivity contribution in [1.29, 1.82) is 0 Å². The molecule has 4 aromatic carbocycles. The first-order chi connectivity index (χ1) is 19.8. The van der Waals surface area contributed by atoms with Crippen molar-refractivity contribution >= 4 is 46.4 Å². The van der Waals surface area contributed by atoms with Gasteiger partial charge in [0.2, 0.25) is 0 Å². The number of non-ortho nitro benzene ring substituents is 1. The van der Waals surface area contributed by atoms with Crippen LogP contribution in [0.3, 0.4) is 0 Å². The lowest BCUT2D eigenvalue weighted by Gasteiger charge is -2.37. The molecule has 8 heteroatoms. The fourth-order valence-corrected chi connectivity index (χ4v) is 7.11. The molecule has 2 aliphatic heterocycles. The molecule has 4 aromatic rings. The number of nitro benzene ring substituents is 1. The number of nitrogens with zero attached hydrogens (tertiary/aromatic N) is 2. The third kappa shape index (κ3) is 3.42. The van der Waals surface area contributed by atoms with Crippen LogP contribution in [0.15, 0.2) is 103 Å². The second kappa shape index (κ2) is 9.08. The van der Waals surface area contributed by atoms with E-state index in [0.29, 0.717) is 21.8 Å². The summed E-state index contributed by atoms with van der Waals surface area (Å²) in [5.74, 6) is -2.11. The van der Waals surface area contributed by atoms with Crippen LogP contribution in [-0.4, -0.2) is 34.4 Å². The van der Waals surface area contributed by atoms with E-state index < -0.39 is 39.9 Å². The lowest BCUT2D eigenvalue weighted by Crippen LogP contribution is -2.48. The van der Waals surface area contributed by atoms with E-state index in [-0.39, 0.29) is 22.6 Å². The molecule has 7 nitrogen and oxygen atoms in total. The Morgan fingerprint density at radius 3 is 2.22 bits per heavy atom. The Labute approximate surface area is 239 Å². The monoisotopic (exact) mass is 560 g/mol. The normalized spacial score (nSPS) is 21.5. The highest BCUT2D eigenvalue weighted by molar-refractivity contribution is 6.32. The van der Waals surface area contributed by atoms with Crippen LogP contribution in [0.25, 0.3) is 6.08 Å². The van der Waals surface area contributed by atoms with Crippen molar-refractivity contribution in [3.63, 3.8) is 0 Å². The van der Waals surface area contributed by atoms with Crippen LogP contribution in [-0.2, 0) is 0 Å². The number of nitro groups is 1. The SMILES string of the molecule is O=C(c1ccccc1)[C@H]1[C@H](c2cccc([N+](=O)[O-])c2)C2(C(=O)c3ccccc3C2=O)C2C=Cc3cc(Cl)ccc3N21. The quantitative estimate of drug-likeness (QED) is 0.121. The number of halogens is 1. The smallest absolute Gasteiger partial charge is 0.269 e. The minimum absolute atomic E-state index is 0.188. The van der Waals surface area contributed by atoms with Gasteiger partial charge in [-0.1, -0.05) is 90.5 Å². The molecule has 200 valence electrons. The van der Waals surface area contributed by atoms with Gasteiger partial charge in [0, 0.05) is 45.5 Å². The number of rotatable bonds is 4. The number of ketones is 3. The van der Waals surface area contributed by atoms with Crippen molar-refractivity contribution in [1.82, 2.24) is 0 Å². The van der Waals surface area contributed by atoms with Gasteiger partial charge in [0.05, 0.1) is 11.0 Å². The fraction of sp³-hybridized carbons (Fsp3) is 0.121. The maximum atomic E-state index is 14.6. The van der Waals surface area contributed by atoms with Crippen LogP contribution < -0.4 is 4.90 Å². The molecule has 1 fully saturated rings. The topological polar surface area (TPSA) is 97.6 Å². The lowest BCUT2D eigenvalue weighted by molar-refractivity contribution is -0.384. The second-order valence-corrected chi connectivity index (χ2v) is 10.9. The van der Waals surface area contributed by atoms with Gasteiger partial charge in [-0.05, 0) is 29.3 Å². The Balaban J connectivity index is 1.57. The van der Waals surface area contributed by atoms with Crippen LogP contribution >= 0.6 is 11.6 Å². The number of anilines is 1. The van der Waals surface area contributed by atoms with E-state index in [9.17, 15) is 24.5 Å². The average molecular weight is 561 g/mol. The van der Waals surface area contributed by atoms with Gasteiger partial charge in [-0.3, -0.25) is 24.5 Å². The Morgan fingerprint density at radius 1 is 0.854 bits per heavy atom. The molecule has 3 atom stereocenters. The minimum atomic E-state index is -1.73. The summed E-state index contributed by atoms with van der Waals surface area (Å²) < 4.78 is 0. The minimum Gasteiger partial charge on any atom is -0.352 e. The summed E-state index contributed by atoms with van der Waals surface area (Å²) >= 11 is 6.32. The number of benzene rings is 4. The first kappa shape index (κ1) is 25.1. The molecule has 2 heterocycles. The highest BCUT2D eigenvalue weighted by atomic mass is 35.5. The molecule has 1 unspecified atom stereocenters. The lowest BCUT2D eigenvalue weighted by atomic mass is 9.64. The number of fused-ring (bicyclic) bond motifs is 5. The molecule has 1 aliphatic carbocycles. The van der Waals surface area contributed by atoms with Crippen molar-refractivity contribution in [3.8, 4) is 0 Å². The molecule has 0 bridgehead atoms. The van der Waals surface area contributed by atoms with E-state index in [1.807, 2.05) is 11.0 Å². The van der Waals surface area contributed by atoms with E-state index in [2.05, 4.69) is 0 Å². The first-order valence-electron chi connectivity index (χ1n) is 13.1. The van der Waals surface area contributed by atoms with Crippen molar-refractivity contribution < 1.29 is 19.3 Å². The molecule has 0 saturated carbocycles. The summed E-state index contributed by atoms with van der Waals surface area (Å²) in [5.41, 5.74) is 0.830. The molecule has 3 aliphatic rings. The van der Waals surface area contributed by atoms with Crippen LogP contribution in [0.1, 0.15) is 48.1 Å². The van der Waals surface area contributed by atoms with Gasteiger partial charge in [-0.25, -0.2) is 0 Å². The van der Waals surface area contributed by atoms with Crippen LogP contribution in [0, 0.1) is 15.5 Å². The van der Waals surface area contributed by atoms with Gasteiger partial charge in [0.1, 0.15) is 11.5 Å². The van der Waals surface area contributed by atoms with Crippen molar-refractivity contribution in [3.05, 3.63) is 146 Å². The predicted octanol–water partition coefficient (Wildman–Crippen LogP) is 6.56. The molecule has 0 amide bonds. The molecule has 0 N–H and O–H groups in total. The third-order valence-corrected chi connectivity index (χ3v) is 8.77. The number of hydrogen-bond acceptors (Lipinski definition) is 6. The zero-order chi connectivity index (χ0) is 28.5. The maximum Gasteiger partial charge on any atom is 0.269 e. The van der Waals surface area contributed by atoms with E-state index >= 15 is 0 Å². The van der Waals surface area contributed by atoms with Gasteiger partial charge in [-0.15, -0.1) is 0 Å². The number of Topliss-reactive ketones (excluding diaryl/α,β-unsaturated/α-hetero) is 3. The maximum absolute atomic E-state index is 14.6. The summed E-state index contributed by atoms with van der Waals surface area (Å²) in [6.07, 6.45) is 3.62. The molecule has 41 heavy (non-hydrogen) atoms. The molecule has 0 radical (unpaired) electrons. The summed E-state index contributed by atoms with van der Waals surface area (Å²) in [6, 6.07) is 24.7. The van der Waals surface area contributed by atoms with E-state index in [1.165, 1.54) is 18.2 Å². The fourth-order valence-electron chi connectivity index (χ4n) is 6.93. The highest BCUT2D eigenvalue weighted by Crippen LogP contribution is 2.61. The Kier molecular flexibility index (Phi) is 5.56. The van der Waals surface area contributed by atoms with Crippen LogP contribution in [0.2, 0.25) is 5.02 Å². The van der Waals surface area contributed by atoms with Crippen LogP contribution in [0.4, 0.5) is 11.4 Å². The Hall–Kier alpha value is -4.88. The molecular formula is C33H21ClN2O5. The molecule has 1 saturated heterocycles. The summed E-state index contributed by atoms with van der Waals surface area (Å²) in [4.78, 5) is 57.0. The van der Waals surface area contributed by atoms with E-state index in [1.54, 1.807) is 84.9 Å². The molecular weight excluding hydrogens is 540 g/mol. The number of carbonyl (C=O) groups excluding carboxylic acids is 3. The third-order valence-electron chi connectivity index (χ3n) is 8.53. The Morgan fingerprint density at radius 2 is 1.54 bits per heavy atom. The Bertz CT molecular complexity index is 1800. The zero-order valence-electron chi connectivity index (χ0n) is 21.4. The van der Waals surface area contributed by atoms with Gasteiger partial charge in [0.15, 0.2) is 17.3 Å². The highest BCUT2D eigenvalue weighted by Gasteiger charge is 2.71. The molecule has 0 aromatic heterocycles. The summed E-state index contributed by atoms with van der Waals surface area (Å²) in [6.45, 7) is 0.